The minimum atomic E-state index is -0.677. The van der Waals surface area contributed by atoms with Crippen molar-refractivity contribution in [3.63, 3.8) is 0 Å². The Morgan fingerprint density at radius 3 is 2.60 bits per heavy atom. The van der Waals surface area contributed by atoms with E-state index >= 15 is 0 Å². The number of aromatic nitrogens is 4. The van der Waals surface area contributed by atoms with E-state index in [2.05, 4.69) is 25.9 Å². The van der Waals surface area contributed by atoms with Gasteiger partial charge < -0.3 is 4.74 Å². The number of ether oxygens (including phenoxy) is 1. The minimum Gasteiger partial charge on any atom is -0.459 e. The Morgan fingerprint density at radius 1 is 1.35 bits per heavy atom. The molecular weight excluding hydrogens is 302 g/mol. The summed E-state index contributed by atoms with van der Waals surface area (Å²) in [5.41, 5.74) is -0.0601. The van der Waals surface area contributed by atoms with E-state index in [9.17, 15) is 9.59 Å². The molecule has 0 fully saturated rings. The summed E-state index contributed by atoms with van der Waals surface area (Å²) in [6.45, 7) is 3.43. The van der Waals surface area contributed by atoms with Crippen LogP contribution >= 0.6 is 23.5 Å². The van der Waals surface area contributed by atoms with Gasteiger partial charge in [-0.25, -0.2) is 9.89 Å². The SMILES string of the molecule is CC(C)OC(=O)C(C(=O)Nc1nnn[nH]1)=C1SC=CS1. The monoisotopic (exact) mass is 313 g/mol. The lowest BCUT2D eigenvalue weighted by molar-refractivity contribution is -0.143. The summed E-state index contributed by atoms with van der Waals surface area (Å²) in [6, 6.07) is 0. The maximum Gasteiger partial charge on any atom is 0.345 e. The number of carbonyl (C=O) groups excluding carboxylic acids is 2. The first-order chi connectivity index (χ1) is 9.58. The van der Waals surface area contributed by atoms with E-state index in [0.717, 1.165) is 0 Å². The van der Waals surface area contributed by atoms with E-state index in [0.29, 0.717) is 4.24 Å². The summed E-state index contributed by atoms with van der Waals surface area (Å²) in [7, 11) is 0. The highest BCUT2D eigenvalue weighted by atomic mass is 32.2. The standard InChI is InChI=1S/C10H11N5O3S2/c1-5(2)18-8(17)6(9-19-3-4-20-9)7(16)11-10-12-14-15-13-10/h3-5H,1-2H3,(H2,11,12,13,14,15,16). The zero-order valence-electron chi connectivity index (χ0n) is 10.6. The quantitative estimate of drug-likeness (QED) is 0.370. The molecule has 0 spiro atoms. The van der Waals surface area contributed by atoms with E-state index in [4.69, 9.17) is 4.74 Å². The fourth-order valence-electron chi connectivity index (χ4n) is 1.25. The van der Waals surface area contributed by atoms with Gasteiger partial charge in [0.25, 0.3) is 5.91 Å². The molecule has 0 atom stereocenters. The van der Waals surface area contributed by atoms with Crippen molar-refractivity contribution in [2.75, 3.05) is 5.32 Å². The number of nitrogens with one attached hydrogen (secondary N) is 2. The molecule has 0 saturated carbocycles. The zero-order valence-corrected chi connectivity index (χ0v) is 12.2. The number of amides is 1. The van der Waals surface area contributed by atoms with Gasteiger partial charge in [0.2, 0.25) is 5.95 Å². The normalized spacial score (nSPS) is 13.7. The second-order valence-corrected chi connectivity index (χ2v) is 5.92. The fraction of sp³-hybridized carbons (Fsp3) is 0.300. The summed E-state index contributed by atoms with van der Waals surface area (Å²) in [5, 5.41) is 18.6. The van der Waals surface area contributed by atoms with Crippen molar-refractivity contribution in [3.05, 3.63) is 20.6 Å². The molecule has 8 nitrogen and oxygen atoms in total. The molecule has 2 N–H and O–H groups in total. The van der Waals surface area contributed by atoms with Crippen LogP contribution in [0.4, 0.5) is 5.95 Å². The number of tetrazole rings is 1. The van der Waals surface area contributed by atoms with Crippen molar-refractivity contribution in [1.29, 1.82) is 0 Å². The van der Waals surface area contributed by atoms with Gasteiger partial charge >= 0.3 is 5.97 Å². The van der Waals surface area contributed by atoms with Crippen LogP contribution in [-0.2, 0) is 14.3 Å². The van der Waals surface area contributed by atoms with Crippen LogP contribution in [0.3, 0.4) is 0 Å². The fourth-order valence-corrected chi connectivity index (χ4v) is 3.08. The Bertz CT molecular complexity index is 557. The first kappa shape index (κ1) is 14.6. The summed E-state index contributed by atoms with van der Waals surface area (Å²) in [6.07, 6.45) is -0.317. The molecular formula is C10H11N5O3S2. The highest BCUT2D eigenvalue weighted by Gasteiger charge is 2.27. The second kappa shape index (κ2) is 6.57. The number of carbonyl (C=O) groups is 2. The van der Waals surface area contributed by atoms with Crippen molar-refractivity contribution in [2.24, 2.45) is 0 Å². The molecule has 1 aliphatic heterocycles. The highest BCUT2D eigenvalue weighted by molar-refractivity contribution is 8.27. The second-order valence-electron chi connectivity index (χ2n) is 3.83. The molecule has 1 aromatic rings. The predicted molar refractivity (Wildman–Crippen MR) is 75.4 cm³/mol. The summed E-state index contributed by atoms with van der Waals surface area (Å²) < 4.78 is 5.65. The van der Waals surface area contributed by atoms with E-state index in [1.54, 1.807) is 24.7 Å². The molecule has 1 aliphatic rings. The Hall–Kier alpha value is -1.81. The van der Waals surface area contributed by atoms with E-state index in [1.165, 1.54) is 23.5 Å². The van der Waals surface area contributed by atoms with Crippen LogP contribution < -0.4 is 5.32 Å². The van der Waals surface area contributed by atoms with Gasteiger partial charge in [0.05, 0.1) is 10.3 Å². The van der Waals surface area contributed by atoms with Crippen LogP contribution in [0.15, 0.2) is 20.6 Å². The first-order valence-corrected chi connectivity index (χ1v) is 7.32. The van der Waals surface area contributed by atoms with Gasteiger partial charge in [0.15, 0.2) is 0 Å². The first-order valence-electron chi connectivity index (χ1n) is 5.56. The lowest BCUT2D eigenvalue weighted by Gasteiger charge is -2.11. The molecule has 0 unspecified atom stereocenters. The Kier molecular flexibility index (Phi) is 4.79. The lowest BCUT2D eigenvalue weighted by Crippen LogP contribution is -2.25. The van der Waals surface area contributed by atoms with Gasteiger partial charge in [-0.3, -0.25) is 10.1 Å². The van der Waals surface area contributed by atoms with Crippen molar-refractivity contribution in [1.82, 2.24) is 20.6 Å². The zero-order chi connectivity index (χ0) is 14.5. The molecule has 1 aromatic heterocycles. The summed E-state index contributed by atoms with van der Waals surface area (Å²) in [4.78, 5) is 24.2. The van der Waals surface area contributed by atoms with E-state index < -0.39 is 11.9 Å². The maximum absolute atomic E-state index is 12.2. The van der Waals surface area contributed by atoms with Crippen LogP contribution in [0.5, 0.6) is 0 Å². The third kappa shape index (κ3) is 3.61. The van der Waals surface area contributed by atoms with Crippen LogP contribution in [0.1, 0.15) is 13.8 Å². The van der Waals surface area contributed by atoms with Crippen molar-refractivity contribution in [2.45, 2.75) is 20.0 Å². The van der Waals surface area contributed by atoms with Gasteiger partial charge in [0.1, 0.15) is 5.57 Å². The number of anilines is 1. The topological polar surface area (TPSA) is 110 Å². The molecule has 106 valence electrons. The summed E-state index contributed by atoms with van der Waals surface area (Å²) >= 11 is 2.57. The van der Waals surface area contributed by atoms with Gasteiger partial charge in [-0.2, -0.15) is 0 Å². The van der Waals surface area contributed by atoms with Crippen LogP contribution in [0, 0.1) is 0 Å². The Labute approximate surface area is 122 Å². The number of esters is 1. The van der Waals surface area contributed by atoms with Gasteiger partial charge in [-0.1, -0.05) is 28.6 Å². The lowest BCUT2D eigenvalue weighted by atomic mass is 10.3. The van der Waals surface area contributed by atoms with Crippen molar-refractivity contribution < 1.29 is 14.3 Å². The smallest absolute Gasteiger partial charge is 0.345 e. The van der Waals surface area contributed by atoms with Crippen LogP contribution in [0.2, 0.25) is 0 Å². The average molecular weight is 313 g/mol. The number of rotatable bonds is 4. The molecule has 0 aliphatic carbocycles. The van der Waals surface area contributed by atoms with Gasteiger partial charge in [0, 0.05) is 0 Å². The number of thioether (sulfide) groups is 2. The van der Waals surface area contributed by atoms with Crippen LogP contribution in [-0.4, -0.2) is 38.6 Å². The number of aromatic amines is 1. The molecule has 0 radical (unpaired) electrons. The minimum absolute atomic E-state index is 0.0601. The number of nitrogens with zero attached hydrogens (tertiary/aromatic N) is 3. The third-order valence-corrected chi connectivity index (χ3v) is 4.09. The third-order valence-electron chi connectivity index (χ3n) is 1.96. The van der Waals surface area contributed by atoms with Gasteiger partial charge in [-0.05, 0) is 35.1 Å². The Balaban J connectivity index is 2.20. The highest BCUT2D eigenvalue weighted by Crippen LogP contribution is 2.40. The number of H-pyrrole nitrogens is 1. The van der Waals surface area contributed by atoms with E-state index in [1.807, 2.05) is 0 Å². The maximum atomic E-state index is 12.2. The summed E-state index contributed by atoms with van der Waals surface area (Å²) in [5.74, 6) is -1.23. The van der Waals surface area contributed by atoms with Crippen molar-refractivity contribution >= 4 is 41.3 Å². The average Bonchev–Trinajstić information content (AvgIpc) is 3.01. The van der Waals surface area contributed by atoms with E-state index in [-0.39, 0.29) is 17.6 Å². The van der Waals surface area contributed by atoms with Crippen molar-refractivity contribution in [3.8, 4) is 0 Å². The molecule has 20 heavy (non-hydrogen) atoms. The Morgan fingerprint density at radius 2 is 2.05 bits per heavy atom. The largest absolute Gasteiger partial charge is 0.459 e. The van der Waals surface area contributed by atoms with Gasteiger partial charge in [-0.15, -0.1) is 0 Å². The molecule has 2 rings (SSSR count). The van der Waals surface area contributed by atoms with Crippen LogP contribution in [0.25, 0.3) is 0 Å². The number of hydrogen-bond donors (Lipinski definition) is 2. The molecule has 2 heterocycles. The predicted octanol–water partition coefficient (Wildman–Crippen LogP) is 1.25. The molecule has 0 bridgehead atoms. The molecule has 0 aromatic carbocycles. The molecule has 1 amide bonds. The number of hydrogen-bond acceptors (Lipinski definition) is 8. The molecule has 10 heteroatoms. The molecule has 0 saturated heterocycles.